The molecule has 17 heavy (non-hydrogen) atoms. The Morgan fingerprint density at radius 3 is 2.59 bits per heavy atom. The van der Waals surface area contributed by atoms with Gasteiger partial charge in [0.15, 0.2) is 0 Å². The van der Waals surface area contributed by atoms with Crippen LogP contribution < -0.4 is 5.73 Å². The molecule has 1 aliphatic rings. The molecule has 1 heterocycles. The SMILES string of the molecule is NCC1CCC(COCc2ccc(Br)cc2)O1. The van der Waals surface area contributed by atoms with E-state index in [1.807, 2.05) is 12.1 Å². The number of benzene rings is 1. The van der Waals surface area contributed by atoms with Crippen LogP contribution in [0.5, 0.6) is 0 Å². The molecule has 0 aromatic heterocycles. The van der Waals surface area contributed by atoms with Gasteiger partial charge in [-0.2, -0.15) is 0 Å². The molecule has 2 rings (SSSR count). The monoisotopic (exact) mass is 299 g/mol. The Labute approximate surface area is 110 Å². The second-order valence-corrected chi connectivity index (χ2v) is 5.25. The first kappa shape index (κ1) is 13.0. The fourth-order valence-corrected chi connectivity index (χ4v) is 2.23. The molecule has 3 nitrogen and oxygen atoms in total. The zero-order valence-corrected chi connectivity index (χ0v) is 11.4. The van der Waals surface area contributed by atoms with Gasteiger partial charge in [0.05, 0.1) is 25.4 Å². The zero-order chi connectivity index (χ0) is 12.1. The number of nitrogens with two attached hydrogens (primary N) is 1. The fraction of sp³-hybridized carbons (Fsp3) is 0.538. The third-order valence-corrected chi connectivity index (χ3v) is 3.47. The second kappa shape index (κ2) is 6.50. The largest absolute Gasteiger partial charge is 0.374 e. The third kappa shape index (κ3) is 4.07. The third-order valence-electron chi connectivity index (χ3n) is 2.94. The summed E-state index contributed by atoms with van der Waals surface area (Å²) in [5.74, 6) is 0. The minimum atomic E-state index is 0.221. The van der Waals surface area contributed by atoms with Crippen LogP contribution in [-0.2, 0) is 16.1 Å². The van der Waals surface area contributed by atoms with Gasteiger partial charge in [-0.05, 0) is 30.5 Å². The molecule has 0 saturated carbocycles. The van der Waals surface area contributed by atoms with Gasteiger partial charge in [-0.15, -0.1) is 0 Å². The summed E-state index contributed by atoms with van der Waals surface area (Å²) in [5, 5.41) is 0. The van der Waals surface area contributed by atoms with E-state index in [2.05, 4.69) is 28.1 Å². The Bertz CT molecular complexity index is 342. The Morgan fingerprint density at radius 2 is 1.94 bits per heavy atom. The van der Waals surface area contributed by atoms with Crippen LogP contribution in [-0.4, -0.2) is 25.4 Å². The number of halogens is 1. The van der Waals surface area contributed by atoms with Crippen LogP contribution in [0.15, 0.2) is 28.7 Å². The number of rotatable bonds is 5. The molecule has 1 aromatic rings. The molecule has 0 aliphatic carbocycles. The van der Waals surface area contributed by atoms with Gasteiger partial charge in [-0.25, -0.2) is 0 Å². The maximum atomic E-state index is 5.71. The highest BCUT2D eigenvalue weighted by Crippen LogP contribution is 2.19. The molecule has 1 fully saturated rings. The molecule has 1 aromatic carbocycles. The molecule has 0 spiro atoms. The van der Waals surface area contributed by atoms with Crippen molar-refractivity contribution in [2.45, 2.75) is 31.7 Å². The first-order valence-corrected chi connectivity index (χ1v) is 6.75. The van der Waals surface area contributed by atoms with Gasteiger partial charge in [-0.3, -0.25) is 0 Å². The molecule has 2 N–H and O–H groups in total. The molecule has 1 saturated heterocycles. The first-order chi connectivity index (χ1) is 8.28. The highest BCUT2D eigenvalue weighted by atomic mass is 79.9. The lowest BCUT2D eigenvalue weighted by Crippen LogP contribution is -2.22. The van der Waals surface area contributed by atoms with Crippen molar-refractivity contribution < 1.29 is 9.47 Å². The van der Waals surface area contributed by atoms with Crippen LogP contribution in [0, 0.1) is 0 Å². The summed E-state index contributed by atoms with van der Waals surface area (Å²) >= 11 is 3.41. The molecular weight excluding hydrogens is 282 g/mol. The van der Waals surface area contributed by atoms with Gasteiger partial charge in [0, 0.05) is 11.0 Å². The highest BCUT2D eigenvalue weighted by molar-refractivity contribution is 9.10. The average molecular weight is 300 g/mol. The van der Waals surface area contributed by atoms with E-state index >= 15 is 0 Å². The minimum Gasteiger partial charge on any atom is -0.374 e. The standard InChI is InChI=1S/C13H18BrNO2/c14-11-3-1-10(2-4-11)8-16-9-13-6-5-12(7-15)17-13/h1-4,12-13H,5-9,15H2. The molecule has 2 unspecified atom stereocenters. The topological polar surface area (TPSA) is 44.5 Å². The van der Waals surface area contributed by atoms with Crippen molar-refractivity contribution in [3.8, 4) is 0 Å². The Morgan fingerprint density at radius 1 is 1.24 bits per heavy atom. The summed E-state index contributed by atoms with van der Waals surface area (Å²) in [6, 6.07) is 8.16. The average Bonchev–Trinajstić information content (AvgIpc) is 2.80. The van der Waals surface area contributed by atoms with Crippen molar-refractivity contribution in [2.75, 3.05) is 13.2 Å². The van der Waals surface area contributed by atoms with Crippen LogP contribution in [0.2, 0.25) is 0 Å². The highest BCUT2D eigenvalue weighted by Gasteiger charge is 2.23. The molecule has 0 bridgehead atoms. The number of hydrogen-bond acceptors (Lipinski definition) is 3. The molecule has 0 amide bonds. The van der Waals surface area contributed by atoms with Crippen molar-refractivity contribution in [1.82, 2.24) is 0 Å². The van der Waals surface area contributed by atoms with Crippen molar-refractivity contribution in [1.29, 1.82) is 0 Å². The smallest absolute Gasteiger partial charge is 0.0814 e. The van der Waals surface area contributed by atoms with Crippen LogP contribution in [0.3, 0.4) is 0 Å². The van der Waals surface area contributed by atoms with Crippen molar-refractivity contribution >= 4 is 15.9 Å². The second-order valence-electron chi connectivity index (χ2n) is 4.33. The quantitative estimate of drug-likeness (QED) is 0.908. The summed E-state index contributed by atoms with van der Waals surface area (Å²) in [7, 11) is 0. The van der Waals surface area contributed by atoms with Crippen LogP contribution in [0.25, 0.3) is 0 Å². The van der Waals surface area contributed by atoms with Crippen molar-refractivity contribution in [3.63, 3.8) is 0 Å². The molecular formula is C13H18BrNO2. The summed E-state index contributed by atoms with van der Waals surface area (Å²) in [4.78, 5) is 0. The van der Waals surface area contributed by atoms with Crippen LogP contribution in [0.4, 0.5) is 0 Å². The minimum absolute atomic E-state index is 0.221. The first-order valence-electron chi connectivity index (χ1n) is 5.95. The van der Waals surface area contributed by atoms with E-state index in [1.54, 1.807) is 0 Å². The Hall–Kier alpha value is -0.420. The number of ether oxygens (including phenoxy) is 2. The lowest BCUT2D eigenvalue weighted by Gasteiger charge is -2.12. The summed E-state index contributed by atoms with van der Waals surface area (Å²) in [6.07, 6.45) is 2.57. The molecule has 0 radical (unpaired) electrons. The molecule has 2 atom stereocenters. The molecule has 4 heteroatoms. The predicted molar refractivity (Wildman–Crippen MR) is 70.7 cm³/mol. The van der Waals surface area contributed by atoms with Gasteiger partial charge in [0.25, 0.3) is 0 Å². The predicted octanol–water partition coefficient (Wildman–Crippen LogP) is 2.47. The lowest BCUT2D eigenvalue weighted by molar-refractivity contribution is -0.0168. The van der Waals surface area contributed by atoms with E-state index in [-0.39, 0.29) is 12.2 Å². The maximum Gasteiger partial charge on any atom is 0.0814 e. The van der Waals surface area contributed by atoms with E-state index in [9.17, 15) is 0 Å². The van der Waals surface area contributed by atoms with Gasteiger partial charge in [0.1, 0.15) is 0 Å². The van der Waals surface area contributed by atoms with Gasteiger partial charge in [0.2, 0.25) is 0 Å². The lowest BCUT2D eigenvalue weighted by atomic mass is 10.2. The van der Waals surface area contributed by atoms with Crippen LogP contribution in [0.1, 0.15) is 18.4 Å². The number of hydrogen-bond donors (Lipinski definition) is 1. The summed E-state index contributed by atoms with van der Waals surface area (Å²) < 4.78 is 12.5. The van der Waals surface area contributed by atoms with Crippen LogP contribution >= 0.6 is 15.9 Å². The van der Waals surface area contributed by atoms with E-state index in [1.165, 1.54) is 5.56 Å². The van der Waals surface area contributed by atoms with Gasteiger partial charge < -0.3 is 15.2 Å². The van der Waals surface area contributed by atoms with E-state index in [4.69, 9.17) is 15.2 Å². The zero-order valence-electron chi connectivity index (χ0n) is 9.77. The maximum absolute atomic E-state index is 5.71. The van der Waals surface area contributed by atoms with Gasteiger partial charge in [-0.1, -0.05) is 28.1 Å². The Kier molecular flexibility index (Phi) is 4.98. The van der Waals surface area contributed by atoms with Crippen molar-refractivity contribution in [2.24, 2.45) is 5.73 Å². The molecule has 94 valence electrons. The normalized spacial score (nSPS) is 24.1. The summed E-state index contributed by atoms with van der Waals surface area (Å²) in [5.41, 5.74) is 6.74. The molecule has 1 aliphatic heterocycles. The van der Waals surface area contributed by atoms with Gasteiger partial charge >= 0.3 is 0 Å². The summed E-state index contributed by atoms with van der Waals surface area (Å²) in [6.45, 7) is 1.91. The van der Waals surface area contributed by atoms with E-state index in [0.29, 0.717) is 19.8 Å². The fourth-order valence-electron chi connectivity index (χ4n) is 1.96. The van der Waals surface area contributed by atoms with Crippen molar-refractivity contribution in [3.05, 3.63) is 34.3 Å². The van der Waals surface area contributed by atoms with E-state index in [0.717, 1.165) is 17.3 Å². The van der Waals surface area contributed by atoms with E-state index < -0.39 is 0 Å². The Balaban J connectivity index is 1.68.